The number of halogens is 1. The third kappa shape index (κ3) is 12.6. The van der Waals surface area contributed by atoms with E-state index in [9.17, 15) is 24.9 Å². The van der Waals surface area contributed by atoms with Crippen LogP contribution < -0.4 is 29.9 Å². The van der Waals surface area contributed by atoms with Crippen LogP contribution in [0.25, 0.3) is 22.4 Å². The third-order valence-electron chi connectivity index (χ3n) is 11.6. The number of ether oxygens (including phenoxy) is 6. The molecule has 73 heavy (non-hydrogen) atoms. The van der Waals surface area contributed by atoms with Gasteiger partial charge >= 0.3 is 18.2 Å². The first-order valence-corrected chi connectivity index (χ1v) is 27.6. The van der Waals surface area contributed by atoms with Gasteiger partial charge in [-0.2, -0.15) is 10.5 Å². The standard InChI is InChI=1S/C56H50ClN3O10S2Si/c1-56(2,3)73(41-14-8-6-9-15-41,42-16-10-7-11-17-42)68-36-47-43-26-27-49(51(53(61)65-5)46(43)33-50(64-4)52(47)57)70-55(63)67-29-31-72-71-30-28-66-54(62)60-39-23-20-37(21-24-39)22-25-40-32-45(38(34-58)35-59)44-18-12-13-19-48(44)69-40/h6-27,32-33H,28-31,36H2,1-5H3,(H,60,62)/b25-22+. The predicted molar refractivity (Wildman–Crippen MR) is 290 cm³/mol. The summed E-state index contributed by atoms with van der Waals surface area (Å²) in [6.45, 7) is 6.73. The van der Waals surface area contributed by atoms with E-state index >= 15 is 0 Å². The molecule has 6 aromatic rings. The van der Waals surface area contributed by atoms with Crippen molar-refractivity contribution < 1.29 is 47.2 Å². The number of rotatable bonds is 18. The molecule has 1 heterocycles. The Bertz CT molecular complexity index is 3110. The summed E-state index contributed by atoms with van der Waals surface area (Å²) in [5, 5.41) is 24.8. The van der Waals surface area contributed by atoms with Crippen LogP contribution in [0.1, 0.15) is 47.8 Å². The fraction of sp³-hybridized carbons (Fsp3) is 0.196. The van der Waals surface area contributed by atoms with Crippen molar-refractivity contribution in [1.82, 2.24) is 0 Å². The van der Waals surface area contributed by atoms with Crippen molar-refractivity contribution in [2.45, 2.75) is 32.4 Å². The molecule has 372 valence electrons. The molecule has 0 atom stereocenters. The fourth-order valence-corrected chi connectivity index (χ4v) is 14.7. The zero-order chi connectivity index (χ0) is 52.0. The topological polar surface area (TPSA) is 175 Å². The van der Waals surface area contributed by atoms with E-state index in [2.05, 4.69) is 50.4 Å². The first-order valence-electron chi connectivity index (χ1n) is 22.8. The van der Waals surface area contributed by atoms with Crippen molar-refractivity contribution in [3.05, 3.63) is 178 Å². The van der Waals surface area contributed by atoms with Crippen molar-refractivity contribution in [2.24, 2.45) is 0 Å². The second-order valence-electron chi connectivity index (χ2n) is 17.1. The van der Waals surface area contributed by atoms with Gasteiger partial charge in [-0.25, -0.2) is 14.4 Å². The number of methoxy groups -OCH3 is 2. The smallest absolute Gasteiger partial charge is 0.495 e. The van der Waals surface area contributed by atoms with E-state index in [1.807, 2.05) is 66.7 Å². The van der Waals surface area contributed by atoms with Crippen molar-refractivity contribution in [1.29, 1.82) is 10.5 Å². The summed E-state index contributed by atoms with van der Waals surface area (Å²) in [6, 6.07) is 43.4. The van der Waals surface area contributed by atoms with E-state index in [4.69, 9.17) is 44.4 Å². The quantitative estimate of drug-likeness (QED) is 0.0164. The Morgan fingerprint density at radius 2 is 1.40 bits per heavy atom. The Hall–Kier alpha value is -7.44. The zero-order valence-corrected chi connectivity index (χ0v) is 44.0. The van der Waals surface area contributed by atoms with Crippen LogP contribution in [0.3, 0.4) is 0 Å². The highest BCUT2D eigenvalue weighted by Gasteiger charge is 2.50. The minimum Gasteiger partial charge on any atom is -0.495 e. The first kappa shape index (κ1) is 53.4. The van der Waals surface area contributed by atoms with Crippen LogP contribution in [0.5, 0.6) is 17.2 Å². The number of fused-ring (bicyclic) bond motifs is 2. The Morgan fingerprint density at radius 3 is 2.01 bits per heavy atom. The minimum absolute atomic E-state index is 0.00266. The molecular weight excluding hydrogens is 1000 g/mol. The van der Waals surface area contributed by atoms with Gasteiger partial charge in [-0.15, -0.1) is 0 Å². The van der Waals surface area contributed by atoms with Crippen LogP contribution >= 0.6 is 33.2 Å². The normalized spacial score (nSPS) is 12.1. The van der Waals surface area contributed by atoms with Gasteiger partial charge in [0.25, 0.3) is 8.32 Å². The monoisotopic (exact) mass is 1050 g/mol. The molecule has 1 aliphatic rings. The van der Waals surface area contributed by atoms with Crippen molar-refractivity contribution >= 4 is 98.2 Å². The van der Waals surface area contributed by atoms with E-state index in [1.54, 1.807) is 60.7 Å². The second-order valence-corrected chi connectivity index (χ2v) is 24.5. The summed E-state index contributed by atoms with van der Waals surface area (Å²) in [7, 11) is 2.53. The van der Waals surface area contributed by atoms with Crippen LogP contribution in [0.4, 0.5) is 15.3 Å². The lowest BCUT2D eigenvalue weighted by Gasteiger charge is -2.43. The Morgan fingerprint density at radius 1 is 0.767 bits per heavy atom. The van der Waals surface area contributed by atoms with Gasteiger partial charge in [-0.3, -0.25) is 5.32 Å². The number of amides is 1. The number of anilines is 1. The van der Waals surface area contributed by atoms with E-state index < -0.39 is 26.5 Å². The number of carbonyl (C=O) groups is 3. The molecule has 0 aliphatic carbocycles. The number of para-hydroxylation sites is 1. The molecule has 17 heteroatoms. The number of benzene rings is 6. The molecule has 1 aliphatic heterocycles. The number of hydrogen-bond donors (Lipinski definition) is 1. The molecule has 0 radical (unpaired) electrons. The third-order valence-corrected chi connectivity index (χ3v) is 19.3. The SMILES string of the molecule is COC(=O)c1c(OC(=O)OCCSSCCOC(=O)Nc2ccc(/C=C/C3=CC(=C(C#N)C#N)c4ccccc4O3)cc2)ccc2c(CO[Si](c3ccccc3)(c3ccccc3)C(C)(C)C)c(Cl)c(OC)cc12. The molecule has 6 aromatic carbocycles. The molecule has 7 rings (SSSR count). The molecule has 0 unspecified atom stereocenters. The minimum atomic E-state index is -3.03. The largest absolute Gasteiger partial charge is 0.513 e. The van der Waals surface area contributed by atoms with Crippen LogP contribution in [0.2, 0.25) is 10.1 Å². The highest BCUT2D eigenvalue weighted by Crippen LogP contribution is 2.43. The van der Waals surface area contributed by atoms with E-state index in [0.29, 0.717) is 61.2 Å². The molecule has 0 spiro atoms. The maximum absolute atomic E-state index is 13.5. The van der Waals surface area contributed by atoms with Gasteiger partial charge in [0.05, 0.1) is 25.8 Å². The molecule has 0 aromatic heterocycles. The van der Waals surface area contributed by atoms with Crippen LogP contribution in [0.15, 0.2) is 151 Å². The summed E-state index contributed by atoms with van der Waals surface area (Å²) >= 11 is 7.06. The average Bonchev–Trinajstić information content (AvgIpc) is 3.40. The highest BCUT2D eigenvalue weighted by atomic mass is 35.5. The maximum atomic E-state index is 13.5. The number of hydrogen-bond acceptors (Lipinski definition) is 14. The van der Waals surface area contributed by atoms with E-state index in [-0.39, 0.29) is 47.5 Å². The van der Waals surface area contributed by atoms with E-state index in [0.717, 1.165) is 15.9 Å². The van der Waals surface area contributed by atoms with Gasteiger partial charge in [0, 0.05) is 39.3 Å². The van der Waals surface area contributed by atoms with Gasteiger partial charge in [-0.05, 0) is 68.8 Å². The van der Waals surface area contributed by atoms with Crippen LogP contribution in [-0.4, -0.2) is 65.5 Å². The molecule has 1 N–H and O–H groups in total. The van der Waals surface area contributed by atoms with Crippen molar-refractivity contribution in [3.63, 3.8) is 0 Å². The fourth-order valence-electron chi connectivity index (χ4n) is 8.27. The molecule has 13 nitrogen and oxygen atoms in total. The Kier molecular flexibility index (Phi) is 18.1. The molecule has 1 amide bonds. The first-order chi connectivity index (χ1) is 35.3. The van der Waals surface area contributed by atoms with Crippen molar-refractivity contribution in [2.75, 3.05) is 44.3 Å². The lowest BCUT2D eigenvalue weighted by molar-refractivity contribution is 0.0597. The molecule has 0 saturated heterocycles. The molecule has 0 saturated carbocycles. The van der Waals surface area contributed by atoms with Gasteiger partial charge in [0.15, 0.2) is 0 Å². The average molecular weight is 1050 g/mol. The number of allylic oxidation sites excluding steroid dienone is 4. The van der Waals surface area contributed by atoms with E-state index in [1.165, 1.54) is 41.9 Å². The summed E-state index contributed by atoms with van der Waals surface area (Å²) in [4.78, 5) is 39.0. The number of nitrogens with one attached hydrogen (secondary N) is 1. The summed E-state index contributed by atoms with van der Waals surface area (Å²) < 4.78 is 40.5. The zero-order valence-electron chi connectivity index (χ0n) is 40.6. The lowest BCUT2D eigenvalue weighted by Crippen LogP contribution is -2.66. The Labute approximate surface area is 437 Å². The number of esters is 1. The highest BCUT2D eigenvalue weighted by molar-refractivity contribution is 8.76. The summed E-state index contributed by atoms with van der Waals surface area (Å²) in [5.74, 6) is 1.33. The molecule has 0 bridgehead atoms. The van der Waals surface area contributed by atoms with Crippen LogP contribution in [-0.2, 0) is 25.2 Å². The maximum Gasteiger partial charge on any atom is 0.513 e. The lowest BCUT2D eigenvalue weighted by atomic mass is 9.97. The number of nitriles is 2. The molecular formula is C56H50ClN3O10S2Si. The summed E-state index contributed by atoms with van der Waals surface area (Å²) in [5.41, 5.74) is 3.05. The van der Waals surface area contributed by atoms with Gasteiger partial charge < -0.3 is 32.8 Å². The molecule has 0 fully saturated rings. The van der Waals surface area contributed by atoms with Gasteiger partial charge in [0.1, 0.15) is 59.5 Å². The van der Waals surface area contributed by atoms with Crippen molar-refractivity contribution in [3.8, 4) is 29.4 Å². The summed E-state index contributed by atoms with van der Waals surface area (Å²) in [6.07, 6.45) is 3.56. The van der Waals surface area contributed by atoms with Crippen LogP contribution in [0, 0.1) is 22.7 Å². The Balaban J connectivity index is 0.904. The second kappa shape index (κ2) is 24.8. The van der Waals surface area contributed by atoms with Gasteiger partial charge in [0.2, 0.25) is 0 Å². The van der Waals surface area contributed by atoms with Gasteiger partial charge in [-0.1, -0.05) is 157 Å². The number of nitrogens with zero attached hydrogens (tertiary/aromatic N) is 2. The number of carbonyl (C=O) groups excluding carboxylic acids is 3. The predicted octanol–water partition coefficient (Wildman–Crippen LogP) is 12.3.